The maximum absolute atomic E-state index is 12.2. The summed E-state index contributed by atoms with van der Waals surface area (Å²) in [6.45, 7) is 3.95. The summed E-state index contributed by atoms with van der Waals surface area (Å²) in [6.07, 6.45) is 0. The predicted octanol–water partition coefficient (Wildman–Crippen LogP) is 4.10. The van der Waals surface area contributed by atoms with Gasteiger partial charge in [-0.1, -0.05) is 34.5 Å². The van der Waals surface area contributed by atoms with Crippen LogP contribution in [-0.4, -0.2) is 16.9 Å². The second-order valence-electron chi connectivity index (χ2n) is 4.61. The molecule has 2 rings (SSSR count). The molecule has 0 saturated carbocycles. The van der Waals surface area contributed by atoms with Crippen molar-refractivity contribution in [2.45, 2.75) is 19.9 Å². The van der Waals surface area contributed by atoms with Crippen LogP contribution in [0.1, 0.15) is 23.5 Å². The van der Waals surface area contributed by atoms with Gasteiger partial charge in [-0.25, -0.2) is 4.98 Å². The van der Waals surface area contributed by atoms with E-state index < -0.39 is 0 Å². The lowest BCUT2D eigenvalue weighted by Gasteiger charge is -2.06. The lowest BCUT2D eigenvalue weighted by molar-refractivity contribution is 0.103. The molecule has 0 aliphatic rings. The van der Waals surface area contributed by atoms with Gasteiger partial charge in [-0.2, -0.15) is 0 Å². The van der Waals surface area contributed by atoms with Crippen LogP contribution in [0.3, 0.4) is 0 Å². The Kier molecular flexibility index (Phi) is 4.92. The fourth-order valence-corrected chi connectivity index (χ4v) is 2.95. The second kappa shape index (κ2) is 6.51. The SMILES string of the molecule is CC(C)Nc1nc(N)c(C(=O)Nc2ccc(Cl)cc2Cl)s1. The molecule has 1 amide bonds. The molecule has 5 nitrogen and oxygen atoms in total. The molecule has 8 heteroatoms. The zero-order valence-electron chi connectivity index (χ0n) is 11.4. The zero-order valence-corrected chi connectivity index (χ0v) is 13.7. The van der Waals surface area contributed by atoms with E-state index in [1.807, 2.05) is 13.8 Å². The molecule has 4 N–H and O–H groups in total. The van der Waals surface area contributed by atoms with E-state index >= 15 is 0 Å². The summed E-state index contributed by atoms with van der Waals surface area (Å²) < 4.78 is 0. The minimum absolute atomic E-state index is 0.186. The number of amides is 1. The highest BCUT2D eigenvalue weighted by Crippen LogP contribution is 2.29. The minimum atomic E-state index is -0.356. The Morgan fingerprint density at radius 2 is 2.10 bits per heavy atom. The van der Waals surface area contributed by atoms with Gasteiger partial charge < -0.3 is 16.4 Å². The van der Waals surface area contributed by atoms with E-state index in [-0.39, 0.29) is 17.8 Å². The molecule has 0 aliphatic carbocycles. The fourth-order valence-electron chi connectivity index (χ4n) is 1.57. The Morgan fingerprint density at radius 1 is 1.38 bits per heavy atom. The maximum atomic E-state index is 12.2. The van der Waals surface area contributed by atoms with E-state index in [9.17, 15) is 4.79 Å². The molecule has 0 bridgehead atoms. The summed E-state index contributed by atoms with van der Waals surface area (Å²) in [4.78, 5) is 16.7. The van der Waals surface area contributed by atoms with E-state index in [0.717, 1.165) is 0 Å². The van der Waals surface area contributed by atoms with E-state index in [2.05, 4.69) is 15.6 Å². The highest BCUT2D eigenvalue weighted by molar-refractivity contribution is 7.18. The average molecular weight is 345 g/mol. The molecule has 0 spiro atoms. The Balaban J connectivity index is 2.18. The number of nitrogens with one attached hydrogen (secondary N) is 2. The number of nitrogens with two attached hydrogens (primary N) is 1. The number of hydrogen-bond acceptors (Lipinski definition) is 5. The van der Waals surface area contributed by atoms with Gasteiger partial charge in [0.05, 0.1) is 10.7 Å². The number of nitrogens with zero attached hydrogens (tertiary/aromatic N) is 1. The summed E-state index contributed by atoms with van der Waals surface area (Å²) in [5.74, 6) is -0.170. The van der Waals surface area contributed by atoms with Crippen LogP contribution in [0.25, 0.3) is 0 Å². The highest BCUT2D eigenvalue weighted by Gasteiger charge is 2.17. The Bertz CT molecular complexity index is 672. The van der Waals surface area contributed by atoms with Crippen molar-refractivity contribution >= 4 is 57.1 Å². The van der Waals surface area contributed by atoms with Gasteiger partial charge in [-0.15, -0.1) is 0 Å². The van der Waals surface area contributed by atoms with Crippen molar-refractivity contribution in [2.75, 3.05) is 16.4 Å². The molecule has 0 radical (unpaired) electrons. The quantitative estimate of drug-likeness (QED) is 0.779. The van der Waals surface area contributed by atoms with E-state index in [1.54, 1.807) is 18.2 Å². The first-order valence-electron chi connectivity index (χ1n) is 6.16. The summed E-state index contributed by atoms with van der Waals surface area (Å²) in [5, 5.41) is 7.27. The molecule has 2 aromatic rings. The summed E-state index contributed by atoms with van der Waals surface area (Å²) in [5.41, 5.74) is 6.25. The Labute approximate surface area is 136 Å². The molecule has 0 fully saturated rings. The average Bonchev–Trinajstić information content (AvgIpc) is 2.72. The molecule has 0 aliphatic heterocycles. The van der Waals surface area contributed by atoms with Gasteiger partial charge in [0, 0.05) is 11.1 Å². The van der Waals surface area contributed by atoms with Crippen LogP contribution in [0.5, 0.6) is 0 Å². The molecule has 112 valence electrons. The lowest BCUT2D eigenvalue weighted by atomic mass is 10.3. The van der Waals surface area contributed by atoms with Crippen LogP contribution in [0.15, 0.2) is 18.2 Å². The van der Waals surface area contributed by atoms with Crippen LogP contribution in [0, 0.1) is 0 Å². The largest absolute Gasteiger partial charge is 0.382 e. The standard InChI is InChI=1S/C13H14Cl2N4OS/c1-6(2)17-13-19-11(16)10(21-13)12(20)18-9-4-3-7(14)5-8(9)15/h3-6H,16H2,1-2H3,(H,17,19)(H,18,20). The number of thiazole rings is 1. The van der Waals surface area contributed by atoms with Crippen LogP contribution in [0.4, 0.5) is 16.6 Å². The third kappa shape index (κ3) is 4.00. The number of carbonyl (C=O) groups excluding carboxylic acids is 1. The minimum Gasteiger partial charge on any atom is -0.382 e. The summed E-state index contributed by atoms with van der Waals surface area (Å²) in [6, 6.07) is 5.04. The van der Waals surface area contributed by atoms with E-state index in [4.69, 9.17) is 28.9 Å². The number of rotatable bonds is 4. The predicted molar refractivity (Wildman–Crippen MR) is 89.7 cm³/mol. The zero-order chi connectivity index (χ0) is 15.6. The molecule has 0 atom stereocenters. The number of carbonyl (C=O) groups is 1. The third-order valence-corrected chi connectivity index (χ3v) is 4.00. The van der Waals surface area contributed by atoms with E-state index in [1.165, 1.54) is 11.3 Å². The number of nitrogen functional groups attached to an aromatic ring is 1. The maximum Gasteiger partial charge on any atom is 0.269 e. The van der Waals surface area contributed by atoms with Crippen LogP contribution in [0.2, 0.25) is 10.0 Å². The van der Waals surface area contributed by atoms with Gasteiger partial charge in [-0.3, -0.25) is 4.79 Å². The molecule has 0 unspecified atom stereocenters. The van der Waals surface area contributed by atoms with Gasteiger partial charge in [-0.05, 0) is 32.0 Å². The number of benzene rings is 1. The van der Waals surface area contributed by atoms with Crippen molar-refractivity contribution in [2.24, 2.45) is 0 Å². The monoisotopic (exact) mass is 344 g/mol. The molecule has 1 heterocycles. The Morgan fingerprint density at radius 3 is 2.71 bits per heavy atom. The molecule has 1 aromatic heterocycles. The van der Waals surface area contributed by atoms with Crippen molar-refractivity contribution in [3.8, 4) is 0 Å². The first-order chi connectivity index (χ1) is 9.86. The van der Waals surface area contributed by atoms with Gasteiger partial charge in [0.25, 0.3) is 5.91 Å². The number of aromatic nitrogens is 1. The molecule has 1 aromatic carbocycles. The molecular weight excluding hydrogens is 331 g/mol. The van der Waals surface area contributed by atoms with Gasteiger partial charge in [0.1, 0.15) is 10.7 Å². The number of hydrogen-bond donors (Lipinski definition) is 3. The van der Waals surface area contributed by atoms with E-state index in [0.29, 0.717) is 25.7 Å². The van der Waals surface area contributed by atoms with Crippen LogP contribution in [-0.2, 0) is 0 Å². The van der Waals surface area contributed by atoms with Crippen LogP contribution < -0.4 is 16.4 Å². The van der Waals surface area contributed by atoms with Crippen molar-refractivity contribution in [1.29, 1.82) is 0 Å². The molecule has 21 heavy (non-hydrogen) atoms. The molecular formula is C13H14Cl2N4OS. The highest BCUT2D eigenvalue weighted by atomic mass is 35.5. The van der Waals surface area contributed by atoms with Gasteiger partial charge in [0.15, 0.2) is 5.13 Å². The topological polar surface area (TPSA) is 80.0 Å². The normalized spacial score (nSPS) is 10.7. The third-order valence-electron chi connectivity index (χ3n) is 2.45. The first kappa shape index (κ1) is 15.9. The van der Waals surface area contributed by atoms with Crippen LogP contribution >= 0.6 is 34.5 Å². The van der Waals surface area contributed by atoms with Crippen molar-refractivity contribution in [3.05, 3.63) is 33.1 Å². The van der Waals surface area contributed by atoms with Gasteiger partial charge >= 0.3 is 0 Å². The fraction of sp³-hybridized carbons (Fsp3) is 0.231. The van der Waals surface area contributed by atoms with Crippen molar-refractivity contribution in [3.63, 3.8) is 0 Å². The number of halogens is 2. The lowest BCUT2D eigenvalue weighted by Crippen LogP contribution is -2.12. The summed E-state index contributed by atoms with van der Waals surface area (Å²) in [7, 11) is 0. The first-order valence-corrected chi connectivity index (χ1v) is 7.73. The van der Waals surface area contributed by atoms with Gasteiger partial charge in [0.2, 0.25) is 0 Å². The second-order valence-corrected chi connectivity index (χ2v) is 6.45. The Hall–Kier alpha value is -1.50. The van der Waals surface area contributed by atoms with Crippen molar-refractivity contribution < 1.29 is 4.79 Å². The number of anilines is 3. The molecule has 0 saturated heterocycles. The van der Waals surface area contributed by atoms with Crippen molar-refractivity contribution in [1.82, 2.24) is 4.98 Å². The summed E-state index contributed by atoms with van der Waals surface area (Å²) >= 11 is 13.0. The smallest absolute Gasteiger partial charge is 0.269 e.